The molecule has 0 heterocycles. The van der Waals surface area contributed by atoms with Crippen molar-refractivity contribution >= 4 is 11.9 Å². The fraction of sp³-hybridized carbons (Fsp3) is 0.576. The topological polar surface area (TPSA) is 102 Å². The van der Waals surface area contributed by atoms with Crippen LogP contribution in [0, 0.1) is 0 Å². The van der Waals surface area contributed by atoms with Gasteiger partial charge in [0.25, 0.3) is 5.91 Å². The number of primary amides is 1. The average Bonchev–Trinajstić information content (AvgIpc) is 2.95. The molecule has 0 spiro atoms. The van der Waals surface area contributed by atoms with Crippen molar-refractivity contribution in [2.75, 3.05) is 13.2 Å². The zero-order chi connectivity index (χ0) is 28.8. The molecule has 2 aromatic rings. The molecule has 7 heteroatoms. The molecule has 40 heavy (non-hydrogen) atoms. The summed E-state index contributed by atoms with van der Waals surface area (Å²) in [5.41, 5.74) is 5.45. The molecule has 222 valence electrons. The number of unbranched alkanes of at least 4 members (excludes halogenated alkanes) is 15. The Balaban J connectivity index is 1.51. The van der Waals surface area contributed by atoms with E-state index < -0.39 is 11.9 Å². The van der Waals surface area contributed by atoms with Gasteiger partial charge in [-0.25, -0.2) is 4.79 Å². The summed E-state index contributed by atoms with van der Waals surface area (Å²) < 4.78 is 11.3. The van der Waals surface area contributed by atoms with Gasteiger partial charge in [0.2, 0.25) is 0 Å². The fourth-order valence-electron chi connectivity index (χ4n) is 4.65. The molecule has 2 rings (SSSR count). The molecule has 3 N–H and O–H groups in total. The molecule has 0 unspecified atom stereocenters. The molecule has 0 aliphatic carbocycles. The maximum atomic E-state index is 12.5. The predicted octanol–water partition coefficient (Wildman–Crippen LogP) is 8.73. The van der Waals surface area contributed by atoms with Gasteiger partial charge in [0.15, 0.2) is 6.61 Å². The van der Waals surface area contributed by atoms with E-state index in [0.717, 1.165) is 24.2 Å². The van der Waals surface area contributed by atoms with Gasteiger partial charge in [0.05, 0.1) is 0 Å². The lowest BCUT2D eigenvalue weighted by Gasteiger charge is -2.18. The fourth-order valence-corrected chi connectivity index (χ4v) is 4.65. The summed E-state index contributed by atoms with van der Waals surface area (Å²) in [6.07, 6.45) is 20.3. The molecule has 0 bridgehead atoms. The van der Waals surface area contributed by atoms with Crippen LogP contribution < -0.4 is 15.2 Å². The summed E-state index contributed by atoms with van der Waals surface area (Å²) in [4.78, 5) is 25.4. The SMILES string of the molecule is CCCCCCCCCCCCCCCCCCN(C(N)=O)C(=O)COc1ccc(Oc2ccc(O)cc2)cc1. The monoisotopic (exact) mass is 554 g/mol. The number of urea groups is 1. The van der Waals surface area contributed by atoms with E-state index >= 15 is 0 Å². The van der Waals surface area contributed by atoms with Crippen LogP contribution in [0.2, 0.25) is 0 Å². The number of phenolic OH excluding ortho intramolecular Hbond substituents is 1. The van der Waals surface area contributed by atoms with Crippen LogP contribution in [0.5, 0.6) is 23.0 Å². The van der Waals surface area contributed by atoms with Crippen molar-refractivity contribution in [2.45, 2.75) is 110 Å². The van der Waals surface area contributed by atoms with E-state index in [4.69, 9.17) is 15.2 Å². The smallest absolute Gasteiger partial charge is 0.321 e. The highest BCUT2D eigenvalue weighted by Crippen LogP contribution is 2.25. The number of aromatic hydroxyl groups is 1. The summed E-state index contributed by atoms with van der Waals surface area (Å²) in [6.45, 7) is 2.31. The zero-order valence-corrected chi connectivity index (χ0v) is 24.5. The maximum Gasteiger partial charge on any atom is 0.321 e. The number of carbonyl (C=O) groups excluding carboxylic acids is 2. The standard InChI is InChI=1S/C33H50N2O5/c1-2-3-4-5-6-7-8-9-10-11-12-13-14-15-16-17-26-35(33(34)38)32(37)27-39-29-22-24-31(25-23-29)40-30-20-18-28(36)19-21-30/h18-25,36H,2-17,26-27H2,1H3,(H2,34,38). The van der Waals surface area contributed by atoms with Crippen molar-refractivity contribution < 1.29 is 24.2 Å². The van der Waals surface area contributed by atoms with E-state index in [2.05, 4.69) is 6.92 Å². The molecule has 2 aromatic carbocycles. The van der Waals surface area contributed by atoms with Gasteiger partial charge in [-0.2, -0.15) is 0 Å². The van der Waals surface area contributed by atoms with Crippen molar-refractivity contribution in [3.05, 3.63) is 48.5 Å². The van der Waals surface area contributed by atoms with Crippen LogP contribution in [0.25, 0.3) is 0 Å². The van der Waals surface area contributed by atoms with Crippen LogP contribution in [-0.4, -0.2) is 35.1 Å². The van der Waals surface area contributed by atoms with Crippen LogP contribution >= 0.6 is 0 Å². The molecule has 3 amide bonds. The van der Waals surface area contributed by atoms with Crippen LogP contribution in [0.3, 0.4) is 0 Å². The van der Waals surface area contributed by atoms with Crippen LogP contribution in [0.1, 0.15) is 110 Å². The molecule has 0 radical (unpaired) electrons. The number of hydrogen-bond acceptors (Lipinski definition) is 5. The van der Waals surface area contributed by atoms with E-state index in [1.807, 2.05) is 0 Å². The van der Waals surface area contributed by atoms with Gasteiger partial charge in [0, 0.05) is 6.54 Å². The normalized spacial score (nSPS) is 10.8. The number of rotatable bonds is 22. The van der Waals surface area contributed by atoms with Crippen molar-refractivity contribution in [1.29, 1.82) is 0 Å². The number of carbonyl (C=O) groups is 2. The lowest BCUT2D eigenvalue weighted by molar-refractivity contribution is -0.130. The molecule has 0 saturated carbocycles. The average molecular weight is 555 g/mol. The van der Waals surface area contributed by atoms with Gasteiger partial charge in [-0.15, -0.1) is 0 Å². The molecular weight excluding hydrogens is 504 g/mol. The van der Waals surface area contributed by atoms with Gasteiger partial charge in [-0.3, -0.25) is 9.69 Å². The van der Waals surface area contributed by atoms with Gasteiger partial charge >= 0.3 is 6.03 Å². The third-order valence-corrected chi connectivity index (χ3v) is 7.06. The molecule has 7 nitrogen and oxygen atoms in total. The molecule has 0 saturated heterocycles. The number of nitrogens with two attached hydrogens (primary N) is 1. The first-order valence-electron chi connectivity index (χ1n) is 15.3. The van der Waals surface area contributed by atoms with Crippen molar-refractivity contribution in [3.8, 4) is 23.0 Å². The Morgan fingerprint density at radius 3 is 1.50 bits per heavy atom. The quantitative estimate of drug-likeness (QED) is 0.142. The third-order valence-electron chi connectivity index (χ3n) is 7.06. The summed E-state index contributed by atoms with van der Waals surface area (Å²) >= 11 is 0. The summed E-state index contributed by atoms with van der Waals surface area (Å²) in [5.74, 6) is 1.39. The number of benzene rings is 2. The van der Waals surface area contributed by atoms with Crippen LogP contribution in [-0.2, 0) is 4.79 Å². The number of ether oxygens (including phenoxy) is 2. The Labute approximate surface area is 241 Å². The van der Waals surface area contributed by atoms with Crippen LogP contribution in [0.4, 0.5) is 4.79 Å². The molecule has 0 aliphatic heterocycles. The predicted molar refractivity (Wildman–Crippen MR) is 161 cm³/mol. The lowest BCUT2D eigenvalue weighted by atomic mass is 10.0. The van der Waals surface area contributed by atoms with E-state index in [0.29, 0.717) is 23.8 Å². The number of hydrogen-bond donors (Lipinski definition) is 2. The van der Waals surface area contributed by atoms with Gasteiger partial charge < -0.3 is 20.3 Å². The van der Waals surface area contributed by atoms with Crippen molar-refractivity contribution in [2.24, 2.45) is 5.73 Å². The molecule has 0 atom stereocenters. The highest BCUT2D eigenvalue weighted by Gasteiger charge is 2.19. The number of nitrogens with zero attached hydrogens (tertiary/aromatic N) is 1. The van der Waals surface area contributed by atoms with E-state index in [1.165, 1.54) is 83.5 Å². The summed E-state index contributed by atoms with van der Waals surface area (Å²) in [6, 6.07) is 12.5. The maximum absolute atomic E-state index is 12.5. The largest absolute Gasteiger partial charge is 0.508 e. The van der Waals surface area contributed by atoms with Gasteiger partial charge in [0.1, 0.15) is 23.0 Å². The van der Waals surface area contributed by atoms with E-state index in [9.17, 15) is 14.7 Å². The van der Waals surface area contributed by atoms with Crippen molar-refractivity contribution in [3.63, 3.8) is 0 Å². The Bertz CT molecular complexity index is 946. The number of amides is 3. The Kier molecular flexibility index (Phi) is 17.0. The second-order valence-electron chi connectivity index (χ2n) is 10.5. The highest BCUT2D eigenvalue weighted by atomic mass is 16.5. The van der Waals surface area contributed by atoms with Crippen molar-refractivity contribution in [1.82, 2.24) is 4.90 Å². The Morgan fingerprint density at radius 2 is 1.05 bits per heavy atom. The summed E-state index contributed by atoms with van der Waals surface area (Å²) in [7, 11) is 0. The van der Waals surface area contributed by atoms with Gasteiger partial charge in [-0.1, -0.05) is 103 Å². The first kappa shape index (κ1) is 33.0. The molecule has 0 aromatic heterocycles. The number of phenols is 1. The number of imide groups is 1. The zero-order valence-electron chi connectivity index (χ0n) is 24.5. The minimum atomic E-state index is -0.743. The Morgan fingerprint density at radius 1 is 0.650 bits per heavy atom. The summed E-state index contributed by atoms with van der Waals surface area (Å²) in [5, 5.41) is 9.36. The van der Waals surface area contributed by atoms with E-state index in [1.54, 1.807) is 48.5 Å². The minimum Gasteiger partial charge on any atom is -0.508 e. The first-order chi connectivity index (χ1) is 19.5. The first-order valence-corrected chi connectivity index (χ1v) is 15.3. The molecular formula is C33H50N2O5. The lowest BCUT2D eigenvalue weighted by Crippen LogP contribution is -2.43. The minimum absolute atomic E-state index is 0.167. The molecule has 0 fully saturated rings. The molecule has 0 aliphatic rings. The second kappa shape index (κ2) is 20.7. The van der Waals surface area contributed by atoms with Gasteiger partial charge in [-0.05, 0) is 55.0 Å². The second-order valence-corrected chi connectivity index (χ2v) is 10.5. The van der Waals surface area contributed by atoms with E-state index in [-0.39, 0.29) is 12.4 Å². The van der Waals surface area contributed by atoms with Crippen LogP contribution in [0.15, 0.2) is 48.5 Å². The highest BCUT2D eigenvalue weighted by molar-refractivity contribution is 5.94. The third kappa shape index (κ3) is 14.8. The Hall–Kier alpha value is -3.22.